The van der Waals surface area contributed by atoms with Crippen LogP contribution >= 0.6 is 43.5 Å². The lowest BCUT2D eigenvalue weighted by Crippen LogP contribution is -2.30. The van der Waals surface area contributed by atoms with Gasteiger partial charge in [0.1, 0.15) is 0 Å². The summed E-state index contributed by atoms with van der Waals surface area (Å²) in [6.45, 7) is 0. The standard InChI is InChI=1S/C23H15Br2ClN2O3/c24-12-13-5-7-14(8-6-13)23(30)31-22-21(29)27-19-10-9-15(25)11-17(19)20(28-22)16-3-1-2-4-18(16)26/h1-11,22H,12H2,(H,27,29)/t22-/m1/s1. The Morgan fingerprint density at radius 3 is 2.52 bits per heavy atom. The van der Waals surface area contributed by atoms with E-state index in [2.05, 4.69) is 42.2 Å². The number of ether oxygens (including phenoxy) is 1. The molecule has 1 N–H and O–H groups in total. The van der Waals surface area contributed by atoms with Crippen LogP contribution in [-0.2, 0) is 14.9 Å². The molecule has 5 nitrogen and oxygen atoms in total. The van der Waals surface area contributed by atoms with E-state index in [9.17, 15) is 9.59 Å². The second-order valence-corrected chi connectivity index (χ2v) is 8.61. The predicted octanol–water partition coefficient (Wildman–Crippen LogP) is 5.97. The summed E-state index contributed by atoms with van der Waals surface area (Å²) in [7, 11) is 0. The van der Waals surface area contributed by atoms with E-state index >= 15 is 0 Å². The zero-order valence-electron chi connectivity index (χ0n) is 15.9. The summed E-state index contributed by atoms with van der Waals surface area (Å²) in [4.78, 5) is 30.1. The fraction of sp³-hybridized carbons (Fsp3) is 0.0870. The molecule has 8 heteroatoms. The van der Waals surface area contributed by atoms with E-state index in [0.717, 1.165) is 10.0 Å². The highest BCUT2D eigenvalue weighted by Gasteiger charge is 2.30. The summed E-state index contributed by atoms with van der Waals surface area (Å²) in [6, 6.07) is 19.5. The number of aliphatic imine (C=N–C) groups is 1. The Kier molecular flexibility index (Phi) is 6.55. The van der Waals surface area contributed by atoms with Crippen LogP contribution in [0.25, 0.3) is 0 Å². The number of nitrogens with one attached hydrogen (secondary N) is 1. The Bertz CT molecular complexity index is 1200. The Labute approximate surface area is 200 Å². The molecular weight excluding hydrogens is 548 g/mol. The van der Waals surface area contributed by atoms with Crippen LogP contribution in [-0.4, -0.2) is 23.8 Å². The number of alkyl halides is 1. The summed E-state index contributed by atoms with van der Waals surface area (Å²) in [5, 5.41) is 3.94. The maximum absolute atomic E-state index is 12.8. The third-order valence-electron chi connectivity index (χ3n) is 4.66. The van der Waals surface area contributed by atoms with E-state index in [1.165, 1.54) is 0 Å². The average Bonchev–Trinajstić information content (AvgIpc) is 2.90. The number of benzodiazepines with no additional fused rings is 1. The van der Waals surface area contributed by atoms with Gasteiger partial charge in [0, 0.05) is 26.0 Å². The molecule has 0 aliphatic carbocycles. The number of halogens is 3. The SMILES string of the molecule is O=C(O[C@H]1N=C(c2ccccc2Cl)c2cc(Br)ccc2NC1=O)c1ccc(CBr)cc1. The highest BCUT2D eigenvalue weighted by atomic mass is 79.9. The predicted molar refractivity (Wildman–Crippen MR) is 128 cm³/mol. The van der Waals surface area contributed by atoms with E-state index in [0.29, 0.717) is 38.4 Å². The van der Waals surface area contributed by atoms with Gasteiger partial charge in [0.15, 0.2) is 0 Å². The van der Waals surface area contributed by atoms with E-state index in [1.54, 1.807) is 36.4 Å². The monoisotopic (exact) mass is 560 g/mol. The number of nitrogens with zero attached hydrogens (tertiary/aromatic N) is 1. The summed E-state index contributed by atoms with van der Waals surface area (Å²) < 4.78 is 6.30. The quantitative estimate of drug-likeness (QED) is 0.315. The van der Waals surface area contributed by atoms with Gasteiger partial charge in [-0.3, -0.25) is 4.79 Å². The number of anilines is 1. The van der Waals surface area contributed by atoms with Gasteiger partial charge in [0.25, 0.3) is 12.1 Å². The maximum atomic E-state index is 12.8. The highest BCUT2D eigenvalue weighted by Crippen LogP contribution is 2.30. The molecule has 0 saturated carbocycles. The van der Waals surface area contributed by atoms with Gasteiger partial charge in [0.2, 0.25) is 0 Å². The molecule has 0 aromatic heterocycles. The van der Waals surface area contributed by atoms with Gasteiger partial charge in [-0.2, -0.15) is 0 Å². The van der Waals surface area contributed by atoms with Crippen molar-refractivity contribution in [2.75, 3.05) is 5.32 Å². The second-order valence-electron chi connectivity index (χ2n) is 6.72. The summed E-state index contributed by atoms with van der Waals surface area (Å²) in [5.41, 5.74) is 3.64. The molecule has 1 aliphatic rings. The second kappa shape index (κ2) is 9.34. The van der Waals surface area contributed by atoms with Gasteiger partial charge >= 0.3 is 5.97 Å². The first-order valence-electron chi connectivity index (χ1n) is 9.25. The molecule has 1 amide bonds. The van der Waals surface area contributed by atoms with Crippen molar-refractivity contribution in [3.8, 4) is 0 Å². The smallest absolute Gasteiger partial charge is 0.340 e. The van der Waals surface area contributed by atoms with Crippen molar-refractivity contribution in [2.45, 2.75) is 11.6 Å². The lowest BCUT2D eigenvalue weighted by atomic mass is 10.0. The van der Waals surface area contributed by atoms with Crippen LogP contribution in [0.5, 0.6) is 0 Å². The average molecular weight is 563 g/mol. The molecule has 0 saturated heterocycles. The fourth-order valence-electron chi connectivity index (χ4n) is 3.11. The number of carbonyl (C=O) groups is 2. The molecule has 0 radical (unpaired) electrons. The first-order valence-corrected chi connectivity index (χ1v) is 11.5. The Balaban J connectivity index is 1.75. The van der Waals surface area contributed by atoms with Crippen molar-refractivity contribution in [3.63, 3.8) is 0 Å². The summed E-state index contributed by atoms with van der Waals surface area (Å²) in [5.74, 6) is -1.19. The minimum atomic E-state index is -1.37. The van der Waals surface area contributed by atoms with Crippen LogP contribution in [0, 0.1) is 0 Å². The van der Waals surface area contributed by atoms with Crippen LogP contribution in [0.15, 0.2) is 76.2 Å². The number of amides is 1. The Morgan fingerprint density at radius 2 is 1.81 bits per heavy atom. The molecule has 4 rings (SSSR count). The lowest BCUT2D eigenvalue weighted by Gasteiger charge is -2.13. The van der Waals surface area contributed by atoms with E-state index in [1.807, 2.05) is 30.3 Å². The molecule has 0 bridgehead atoms. The third-order valence-corrected chi connectivity index (χ3v) is 6.13. The number of fused-ring (bicyclic) bond motifs is 1. The number of esters is 1. The largest absolute Gasteiger partial charge is 0.426 e. The molecule has 1 aliphatic heterocycles. The van der Waals surface area contributed by atoms with E-state index in [4.69, 9.17) is 16.3 Å². The van der Waals surface area contributed by atoms with Gasteiger partial charge in [-0.05, 0) is 42.0 Å². The first-order chi connectivity index (χ1) is 15.0. The van der Waals surface area contributed by atoms with Crippen LogP contribution in [0.4, 0.5) is 5.69 Å². The molecule has 3 aromatic rings. The van der Waals surface area contributed by atoms with E-state index in [-0.39, 0.29) is 0 Å². The first kappa shape index (κ1) is 21.7. The van der Waals surface area contributed by atoms with Gasteiger partial charge in [0.05, 0.1) is 17.0 Å². The number of hydrogen-bond acceptors (Lipinski definition) is 4. The van der Waals surface area contributed by atoms with Crippen LogP contribution < -0.4 is 5.32 Å². The summed E-state index contributed by atoms with van der Waals surface area (Å²) in [6.07, 6.45) is -1.37. The van der Waals surface area contributed by atoms with Gasteiger partial charge < -0.3 is 10.1 Å². The van der Waals surface area contributed by atoms with Crippen molar-refractivity contribution >= 4 is 66.7 Å². The molecule has 0 unspecified atom stereocenters. The molecule has 1 heterocycles. The Morgan fingerprint density at radius 1 is 1.06 bits per heavy atom. The normalized spacial score (nSPS) is 15.4. The van der Waals surface area contributed by atoms with Crippen molar-refractivity contribution in [3.05, 3.63) is 98.5 Å². The molecule has 156 valence electrons. The minimum Gasteiger partial charge on any atom is -0.426 e. The zero-order valence-corrected chi connectivity index (χ0v) is 19.9. The molecule has 0 fully saturated rings. The van der Waals surface area contributed by atoms with Gasteiger partial charge in [-0.25, -0.2) is 9.79 Å². The topological polar surface area (TPSA) is 67.8 Å². The van der Waals surface area contributed by atoms with Crippen LogP contribution in [0.2, 0.25) is 5.02 Å². The zero-order chi connectivity index (χ0) is 22.0. The number of benzene rings is 3. The lowest BCUT2D eigenvalue weighted by molar-refractivity contribution is -0.124. The molecular formula is C23H15Br2ClN2O3. The van der Waals surface area contributed by atoms with Gasteiger partial charge in [-0.1, -0.05) is 73.8 Å². The van der Waals surface area contributed by atoms with Crippen molar-refractivity contribution in [2.24, 2.45) is 4.99 Å². The molecule has 3 aromatic carbocycles. The molecule has 1 atom stereocenters. The molecule has 0 spiro atoms. The van der Waals surface area contributed by atoms with Crippen molar-refractivity contribution in [1.29, 1.82) is 0 Å². The van der Waals surface area contributed by atoms with Crippen molar-refractivity contribution in [1.82, 2.24) is 0 Å². The van der Waals surface area contributed by atoms with Crippen LogP contribution in [0.1, 0.15) is 27.0 Å². The summed E-state index contributed by atoms with van der Waals surface area (Å²) >= 11 is 13.2. The third kappa shape index (κ3) is 4.74. The number of rotatable bonds is 4. The highest BCUT2D eigenvalue weighted by molar-refractivity contribution is 9.10. The van der Waals surface area contributed by atoms with Crippen LogP contribution in [0.3, 0.4) is 0 Å². The number of carbonyl (C=O) groups excluding carboxylic acids is 2. The Hall–Kier alpha value is -2.48. The maximum Gasteiger partial charge on any atom is 0.340 e. The number of hydrogen-bond donors (Lipinski definition) is 1. The van der Waals surface area contributed by atoms with Gasteiger partial charge in [-0.15, -0.1) is 0 Å². The fourth-order valence-corrected chi connectivity index (χ4v) is 4.07. The minimum absolute atomic E-state index is 0.330. The molecule has 31 heavy (non-hydrogen) atoms. The van der Waals surface area contributed by atoms with E-state index < -0.39 is 18.1 Å². The van der Waals surface area contributed by atoms with Crippen molar-refractivity contribution < 1.29 is 14.3 Å².